The van der Waals surface area contributed by atoms with Gasteiger partial charge >= 0.3 is 0 Å². The van der Waals surface area contributed by atoms with Crippen molar-refractivity contribution in [1.82, 2.24) is 15.2 Å². The summed E-state index contributed by atoms with van der Waals surface area (Å²) in [5, 5.41) is 3.31. The van der Waals surface area contributed by atoms with Crippen molar-refractivity contribution in [2.24, 2.45) is 11.3 Å². The minimum Gasteiger partial charge on any atom is -0.491 e. The number of pyridine rings is 1. The Morgan fingerprint density at radius 3 is 2.55 bits per heavy atom. The molecule has 168 valence electrons. The number of nitrogens with one attached hydrogen (secondary N) is 1. The van der Waals surface area contributed by atoms with Crippen LogP contribution in [0.15, 0.2) is 48.7 Å². The van der Waals surface area contributed by atoms with E-state index in [9.17, 15) is 4.79 Å². The molecule has 1 saturated heterocycles. The molecular weight excluding hydrogens is 386 g/mol. The van der Waals surface area contributed by atoms with E-state index in [1.807, 2.05) is 59.0 Å². The van der Waals surface area contributed by atoms with E-state index in [0.29, 0.717) is 5.92 Å². The summed E-state index contributed by atoms with van der Waals surface area (Å²) >= 11 is 0. The van der Waals surface area contributed by atoms with Crippen LogP contribution in [0.3, 0.4) is 0 Å². The van der Waals surface area contributed by atoms with E-state index in [-0.39, 0.29) is 18.1 Å². The molecule has 0 bridgehead atoms. The molecule has 5 heteroatoms. The lowest BCUT2D eigenvalue weighted by atomic mass is 9.86. The Balaban J connectivity index is 1.70. The summed E-state index contributed by atoms with van der Waals surface area (Å²) in [6, 6.07) is 14.3. The summed E-state index contributed by atoms with van der Waals surface area (Å²) in [6.07, 6.45) is 4.20. The summed E-state index contributed by atoms with van der Waals surface area (Å²) in [4.78, 5) is 19.9. The minimum absolute atomic E-state index is 0.0704. The quantitative estimate of drug-likeness (QED) is 0.682. The Morgan fingerprint density at radius 1 is 1.19 bits per heavy atom. The zero-order chi connectivity index (χ0) is 22.4. The summed E-state index contributed by atoms with van der Waals surface area (Å²) in [5.41, 5.74) is 1.80. The molecule has 1 aromatic heterocycles. The highest BCUT2D eigenvalue weighted by atomic mass is 16.5. The number of hydrogen-bond donors (Lipinski definition) is 1. The third-order valence-electron chi connectivity index (χ3n) is 5.69. The van der Waals surface area contributed by atoms with Crippen LogP contribution in [0.4, 0.5) is 0 Å². The van der Waals surface area contributed by atoms with Gasteiger partial charge in [0.1, 0.15) is 5.75 Å². The number of carbonyl (C=O) groups is 1. The van der Waals surface area contributed by atoms with Crippen LogP contribution in [0.25, 0.3) is 0 Å². The molecule has 3 rings (SSSR count). The smallest absolute Gasteiger partial charge is 0.225 e. The van der Waals surface area contributed by atoms with Crippen molar-refractivity contribution in [3.05, 3.63) is 59.9 Å². The second-order valence-electron chi connectivity index (χ2n) is 9.90. The molecule has 2 unspecified atom stereocenters. The molecule has 0 spiro atoms. The van der Waals surface area contributed by atoms with Crippen LogP contribution in [-0.4, -0.2) is 35.0 Å². The van der Waals surface area contributed by atoms with E-state index in [1.54, 1.807) is 0 Å². The second-order valence-corrected chi connectivity index (χ2v) is 9.90. The number of rotatable bonds is 7. The van der Waals surface area contributed by atoms with Gasteiger partial charge in [-0.15, -0.1) is 0 Å². The van der Waals surface area contributed by atoms with Gasteiger partial charge in [-0.2, -0.15) is 0 Å². The molecule has 1 aromatic carbocycles. The van der Waals surface area contributed by atoms with Crippen LogP contribution in [0, 0.1) is 11.3 Å². The number of nitrogens with zero attached hydrogens (tertiary/aromatic N) is 2. The first-order valence-electron chi connectivity index (χ1n) is 11.4. The minimum atomic E-state index is -0.429. The molecule has 0 saturated carbocycles. The van der Waals surface area contributed by atoms with Crippen LogP contribution >= 0.6 is 0 Å². The van der Waals surface area contributed by atoms with E-state index < -0.39 is 5.41 Å². The Morgan fingerprint density at radius 2 is 1.94 bits per heavy atom. The van der Waals surface area contributed by atoms with Crippen molar-refractivity contribution in [2.75, 3.05) is 13.1 Å². The van der Waals surface area contributed by atoms with Gasteiger partial charge < -0.3 is 10.1 Å². The first kappa shape index (κ1) is 23.3. The van der Waals surface area contributed by atoms with E-state index in [4.69, 9.17) is 4.74 Å². The van der Waals surface area contributed by atoms with E-state index in [1.165, 1.54) is 5.56 Å². The molecule has 5 nitrogen and oxygen atoms in total. The summed E-state index contributed by atoms with van der Waals surface area (Å²) < 4.78 is 5.76. The summed E-state index contributed by atoms with van der Waals surface area (Å²) in [5.74, 6) is 1.31. The van der Waals surface area contributed by atoms with Gasteiger partial charge in [0, 0.05) is 24.7 Å². The molecule has 31 heavy (non-hydrogen) atoms. The molecule has 2 atom stereocenters. The second kappa shape index (κ2) is 10.3. The highest BCUT2D eigenvalue weighted by molar-refractivity contribution is 5.81. The van der Waals surface area contributed by atoms with Crippen LogP contribution in [0.5, 0.6) is 5.75 Å². The summed E-state index contributed by atoms with van der Waals surface area (Å²) in [6.45, 7) is 12.9. The number of carbonyl (C=O) groups excluding carboxylic acids is 1. The predicted octanol–water partition coefficient (Wildman–Crippen LogP) is 4.98. The Hall–Kier alpha value is -2.40. The van der Waals surface area contributed by atoms with Crippen molar-refractivity contribution < 1.29 is 9.53 Å². The molecular formula is C26H37N3O2. The van der Waals surface area contributed by atoms with Gasteiger partial charge in [0.15, 0.2) is 0 Å². The predicted molar refractivity (Wildman–Crippen MR) is 125 cm³/mol. The van der Waals surface area contributed by atoms with E-state index >= 15 is 0 Å². The normalized spacial score (nSPS) is 18.6. The fourth-order valence-electron chi connectivity index (χ4n) is 4.06. The molecule has 1 fully saturated rings. The number of hydrogen-bond acceptors (Lipinski definition) is 4. The van der Waals surface area contributed by atoms with Gasteiger partial charge in [0.05, 0.1) is 17.8 Å². The molecule has 1 aliphatic rings. The Labute approximate surface area is 187 Å². The fourth-order valence-corrected chi connectivity index (χ4v) is 4.06. The third-order valence-corrected chi connectivity index (χ3v) is 5.69. The number of amides is 1. The molecule has 2 heterocycles. The monoisotopic (exact) mass is 423 g/mol. The van der Waals surface area contributed by atoms with Crippen LogP contribution in [0.2, 0.25) is 0 Å². The molecule has 1 amide bonds. The topological polar surface area (TPSA) is 54.5 Å². The first-order valence-corrected chi connectivity index (χ1v) is 11.4. The zero-order valence-corrected chi connectivity index (χ0v) is 19.6. The van der Waals surface area contributed by atoms with Gasteiger partial charge in [0.25, 0.3) is 0 Å². The average molecular weight is 424 g/mol. The Bertz CT molecular complexity index is 828. The van der Waals surface area contributed by atoms with Crippen molar-refractivity contribution >= 4 is 5.91 Å². The SMILES string of the molecule is CC(C)Oc1ccc(CN2CCCC(C(NC(=O)C(C)(C)C)c3ccccn3)C2)cc1. The lowest BCUT2D eigenvalue weighted by Crippen LogP contribution is -2.45. The first-order chi connectivity index (χ1) is 14.7. The van der Waals surface area contributed by atoms with E-state index in [0.717, 1.165) is 43.9 Å². The van der Waals surface area contributed by atoms with Crippen LogP contribution in [0.1, 0.15) is 64.8 Å². The lowest BCUT2D eigenvalue weighted by molar-refractivity contribution is -0.130. The van der Waals surface area contributed by atoms with Gasteiger partial charge in [-0.1, -0.05) is 39.0 Å². The maximum Gasteiger partial charge on any atom is 0.225 e. The van der Waals surface area contributed by atoms with Crippen molar-refractivity contribution in [3.63, 3.8) is 0 Å². The molecule has 0 aliphatic carbocycles. The van der Waals surface area contributed by atoms with Gasteiger partial charge in [0.2, 0.25) is 5.91 Å². The molecule has 1 aliphatic heterocycles. The van der Waals surface area contributed by atoms with Crippen molar-refractivity contribution in [3.8, 4) is 5.75 Å². The van der Waals surface area contributed by atoms with Gasteiger partial charge in [-0.25, -0.2) is 0 Å². The number of aromatic nitrogens is 1. The number of likely N-dealkylation sites (tertiary alicyclic amines) is 1. The van der Waals surface area contributed by atoms with Crippen LogP contribution in [-0.2, 0) is 11.3 Å². The highest BCUT2D eigenvalue weighted by Crippen LogP contribution is 2.31. The maximum absolute atomic E-state index is 12.8. The standard InChI is InChI=1S/C26H37N3O2/c1-19(2)31-22-13-11-20(12-14-22)17-29-16-8-9-21(18-29)24(23-10-6-7-15-27-23)28-25(30)26(3,4)5/h6-7,10-15,19,21,24H,8-9,16-18H2,1-5H3,(H,28,30). The summed E-state index contributed by atoms with van der Waals surface area (Å²) in [7, 11) is 0. The lowest BCUT2D eigenvalue weighted by Gasteiger charge is -2.38. The fraction of sp³-hybridized carbons (Fsp3) is 0.538. The van der Waals surface area contributed by atoms with Crippen molar-refractivity contribution in [1.29, 1.82) is 0 Å². The Kier molecular flexibility index (Phi) is 7.71. The highest BCUT2D eigenvalue weighted by Gasteiger charge is 2.33. The molecule has 2 aromatic rings. The van der Waals surface area contributed by atoms with Gasteiger partial charge in [-0.3, -0.25) is 14.7 Å². The van der Waals surface area contributed by atoms with Gasteiger partial charge in [-0.05, 0) is 69.0 Å². The zero-order valence-electron chi connectivity index (χ0n) is 19.6. The average Bonchev–Trinajstić information content (AvgIpc) is 2.73. The third kappa shape index (κ3) is 6.79. The van der Waals surface area contributed by atoms with E-state index in [2.05, 4.69) is 39.5 Å². The molecule has 1 N–H and O–H groups in total. The van der Waals surface area contributed by atoms with Crippen molar-refractivity contribution in [2.45, 2.75) is 66.2 Å². The maximum atomic E-state index is 12.8. The number of piperidine rings is 1. The van der Waals surface area contributed by atoms with Crippen LogP contribution < -0.4 is 10.1 Å². The number of ether oxygens (including phenoxy) is 1. The number of benzene rings is 1. The largest absolute Gasteiger partial charge is 0.491 e. The molecule has 0 radical (unpaired) electrons.